The fraction of sp³-hybridized carbons (Fsp3) is 0.438. The van der Waals surface area contributed by atoms with Crippen LogP contribution in [0.1, 0.15) is 29.9 Å². The molecule has 1 heterocycles. The highest BCUT2D eigenvalue weighted by atomic mass is 32.1. The summed E-state index contributed by atoms with van der Waals surface area (Å²) in [6, 6.07) is 8.76. The monoisotopic (exact) mass is 274 g/mol. The van der Waals surface area contributed by atoms with Gasteiger partial charge in [-0.3, -0.25) is 0 Å². The smallest absolute Gasteiger partial charge is 0.182 e. The molecule has 0 bridgehead atoms. The molecule has 0 atom stereocenters. The van der Waals surface area contributed by atoms with E-state index in [2.05, 4.69) is 55.3 Å². The van der Waals surface area contributed by atoms with Gasteiger partial charge in [0.05, 0.1) is 0 Å². The standard InChI is InChI=1S/C16H22N2S/c1-12(2)10-15-7-5-4-6-14(15)8-9-17-16-18-11-13(3)19-16/h4-7,11-12H,8-10H2,1-3H3,(H,17,18). The number of hydrogen-bond donors (Lipinski definition) is 1. The van der Waals surface area contributed by atoms with Crippen molar-refractivity contribution in [2.24, 2.45) is 5.92 Å². The molecule has 2 nitrogen and oxygen atoms in total. The van der Waals surface area contributed by atoms with Gasteiger partial charge in [0, 0.05) is 17.6 Å². The number of thiazole rings is 1. The van der Waals surface area contributed by atoms with Crippen LogP contribution in [0.3, 0.4) is 0 Å². The van der Waals surface area contributed by atoms with Crippen LogP contribution in [-0.4, -0.2) is 11.5 Å². The molecule has 0 aliphatic carbocycles. The largest absolute Gasteiger partial charge is 0.361 e. The average Bonchev–Trinajstić information content (AvgIpc) is 2.77. The van der Waals surface area contributed by atoms with E-state index in [1.807, 2.05) is 6.20 Å². The third-order valence-corrected chi connectivity index (χ3v) is 3.91. The number of nitrogens with one attached hydrogen (secondary N) is 1. The van der Waals surface area contributed by atoms with Crippen LogP contribution in [0.2, 0.25) is 0 Å². The molecule has 1 N–H and O–H groups in total. The summed E-state index contributed by atoms with van der Waals surface area (Å²) in [7, 11) is 0. The van der Waals surface area contributed by atoms with Crippen LogP contribution in [0, 0.1) is 12.8 Å². The average molecular weight is 274 g/mol. The Bertz CT molecular complexity index is 517. The fourth-order valence-corrected chi connectivity index (χ4v) is 2.87. The van der Waals surface area contributed by atoms with Crippen molar-refractivity contribution in [2.45, 2.75) is 33.6 Å². The molecule has 0 aliphatic heterocycles. The van der Waals surface area contributed by atoms with Crippen molar-refractivity contribution in [2.75, 3.05) is 11.9 Å². The predicted molar refractivity (Wildman–Crippen MR) is 84.0 cm³/mol. The van der Waals surface area contributed by atoms with Crippen LogP contribution in [0.25, 0.3) is 0 Å². The number of aryl methyl sites for hydroxylation is 1. The van der Waals surface area contributed by atoms with E-state index in [1.165, 1.54) is 16.0 Å². The second-order valence-corrected chi connectivity index (χ2v) is 6.55. The number of benzene rings is 1. The van der Waals surface area contributed by atoms with E-state index in [4.69, 9.17) is 0 Å². The first-order chi connectivity index (χ1) is 9.15. The molecule has 3 heteroatoms. The first-order valence-electron chi connectivity index (χ1n) is 6.88. The third kappa shape index (κ3) is 4.35. The summed E-state index contributed by atoms with van der Waals surface area (Å²) < 4.78 is 0. The van der Waals surface area contributed by atoms with Gasteiger partial charge < -0.3 is 5.32 Å². The minimum absolute atomic E-state index is 0.704. The van der Waals surface area contributed by atoms with E-state index in [9.17, 15) is 0 Å². The van der Waals surface area contributed by atoms with E-state index < -0.39 is 0 Å². The molecular weight excluding hydrogens is 252 g/mol. The highest BCUT2D eigenvalue weighted by Crippen LogP contribution is 2.18. The van der Waals surface area contributed by atoms with E-state index in [0.29, 0.717) is 5.92 Å². The molecule has 0 radical (unpaired) electrons. The zero-order valence-corrected chi connectivity index (χ0v) is 12.8. The van der Waals surface area contributed by atoms with Crippen LogP contribution in [-0.2, 0) is 12.8 Å². The molecule has 2 rings (SSSR count). The zero-order valence-electron chi connectivity index (χ0n) is 11.9. The molecule has 0 amide bonds. The molecule has 1 aromatic carbocycles. The van der Waals surface area contributed by atoms with Crippen LogP contribution >= 0.6 is 11.3 Å². The van der Waals surface area contributed by atoms with Crippen LogP contribution in [0.4, 0.5) is 5.13 Å². The third-order valence-electron chi connectivity index (χ3n) is 3.04. The SMILES string of the molecule is Cc1cnc(NCCc2ccccc2CC(C)C)s1. The summed E-state index contributed by atoms with van der Waals surface area (Å²) in [5.41, 5.74) is 2.94. The van der Waals surface area contributed by atoms with Gasteiger partial charge in [0.25, 0.3) is 0 Å². The molecule has 102 valence electrons. The summed E-state index contributed by atoms with van der Waals surface area (Å²) >= 11 is 1.72. The molecule has 0 aliphatic rings. The Morgan fingerprint density at radius 1 is 1.21 bits per heavy atom. The van der Waals surface area contributed by atoms with E-state index >= 15 is 0 Å². The molecule has 1 aromatic heterocycles. The maximum atomic E-state index is 4.33. The van der Waals surface area contributed by atoms with Crippen molar-refractivity contribution in [1.82, 2.24) is 4.98 Å². The van der Waals surface area contributed by atoms with Crippen molar-refractivity contribution in [3.05, 3.63) is 46.5 Å². The summed E-state index contributed by atoms with van der Waals surface area (Å²) in [5, 5.41) is 4.43. The minimum Gasteiger partial charge on any atom is -0.361 e. The maximum absolute atomic E-state index is 4.33. The van der Waals surface area contributed by atoms with Crippen molar-refractivity contribution in [1.29, 1.82) is 0 Å². The van der Waals surface area contributed by atoms with Crippen molar-refractivity contribution in [3.8, 4) is 0 Å². The zero-order chi connectivity index (χ0) is 13.7. The summed E-state index contributed by atoms with van der Waals surface area (Å²) in [6.45, 7) is 7.57. The topological polar surface area (TPSA) is 24.9 Å². The Labute approximate surface area is 119 Å². The lowest BCUT2D eigenvalue weighted by Crippen LogP contribution is -2.07. The number of hydrogen-bond acceptors (Lipinski definition) is 3. The van der Waals surface area contributed by atoms with Gasteiger partial charge in [0.2, 0.25) is 0 Å². The number of nitrogens with zero attached hydrogens (tertiary/aromatic N) is 1. The number of rotatable bonds is 6. The van der Waals surface area contributed by atoms with Crippen LogP contribution < -0.4 is 5.32 Å². The van der Waals surface area contributed by atoms with Crippen molar-refractivity contribution >= 4 is 16.5 Å². The fourth-order valence-electron chi connectivity index (χ4n) is 2.18. The lowest BCUT2D eigenvalue weighted by Gasteiger charge is -2.11. The highest BCUT2D eigenvalue weighted by Gasteiger charge is 2.04. The van der Waals surface area contributed by atoms with E-state index in [1.54, 1.807) is 11.3 Å². The van der Waals surface area contributed by atoms with Gasteiger partial charge >= 0.3 is 0 Å². The highest BCUT2D eigenvalue weighted by molar-refractivity contribution is 7.15. The molecule has 19 heavy (non-hydrogen) atoms. The Kier molecular flexibility index (Phi) is 4.97. The summed E-state index contributed by atoms with van der Waals surface area (Å²) in [5.74, 6) is 0.704. The lowest BCUT2D eigenvalue weighted by atomic mass is 9.96. The Morgan fingerprint density at radius 3 is 2.58 bits per heavy atom. The van der Waals surface area contributed by atoms with Crippen molar-refractivity contribution in [3.63, 3.8) is 0 Å². The quantitative estimate of drug-likeness (QED) is 0.849. The first kappa shape index (κ1) is 14.1. The molecule has 0 unspecified atom stereocenters. The number of anilines is 1. The van der Waals surface area contributed by atoms with Crippen LogP contribution in [0.15, 0.2) is 30.5 Å². The second-order valence-electron chi connectivity index (χ2n) is 5.32. The molecule has 0 saturated carbocycles. The first-order valence-corrected chi connectivity index (χ1v) is 7.70. The van der Waals surface area contributed by atoms with Gasteiger partial charge in [-0.05, 0) is 36.8 Å². The van der Waals surface area contributed by atoms with Gasteiger partial charge in [-0.2, -0.15) is 0 Å². The van der Waals surface area contributed by atoms with Gasteiger partial charge in [-0.25, -0.2) is 4.98 Å². The molecule has 0 saturated heterocycles. The summed E-state index contributed by atoms with van der Waals surface area (Å²) in [6.07, 6.45) is 4.13. The lowest BCUT2D eigenvalue weighted by molar-refractivity contribution is 0.642. The van der Waals surface area contributed by atoms with Gasteiger partial charge in [0.1, 0.15) is 0 Å². The predicted octanol–water partition coefficient (Wildman–Crippen LogP) is 4.30. The Balaban J connectivity index is 1.92. The molecule has 0 spiro atoms. The number of aromatic nitrogens is 1. The molecular formula is C16H22N2S. The Hall–Kier alpha value is -1.35. The molecule has 0 fully saturated rings. The van der Waals surface area contributed by atoms with E-state index in [0.717, 1.165) is 24.5 Å². The second kappa shape index (κ2) is 6.71. The van der Waals surface area contributed by atoms with Crippen LogP contribution in [0.5, 0.6) is 0 Å². The van der Waals surface area contributed by atoms with E-state index in [-0.39, 0.29) is 0 Å². The van der Waals surface area contributed by atoms with Gasteiger partial charge in [0.15, 0.2) is 5.13 Å². The minimum atomic E-state index is 0.704. The maximum Gasteiger partial charge on any atom is 0.182 e. The van der Waals surface area contributed by atoms with Crippen molar-refractivity contribution < 1.29 is 0 Å². The Morgan fingerprint density at radius 2 is 1.95 bits per heavy atom. The molecule has 2 aromatic rings. The van der Waals surface area contributed by atoms with Gasteiger partial charge in [-0.15, -0.1) is 11.3 Å². The summed E-state index contributed by atoms with van der Waals surface area (Å²) in [4.78, 5) is 5.58. The van der Waals surface area contributed by atoms with Gasteiger partial charge in [-0.1, -0.05) is 38.1 Å². The normalized spacial score (nSPS) is 10.9.